The number of pyridine rings is 1. The minimum Gasteiger partial charge on any atom is -0.360 e. The van der Waals surface area contributed by atoms with E-state index in [9.17, 15) is 9.18 Å². The lowest BCUT2D eigenvalue weighted by atomic mass is 10.0. The molecule has 3 heterocycles. The third-order valence-electron chi connectivity index (χ3n) is 6.93. The first kappa shape index (κ1) is 20.0. The summed E-state index contributed by atoms with van der Waals surface area (Å²) in [6.45, 7) is 3.55. The number of carbonyl (C=O) groups excluding carboxylic acids is 1. The minimum atomic E-state index is -0.441. The molecule has 3 fully saturated rings. The van der Waals surface area contributed by atoms with E-state index >= 15 is 0 Å². The van der Waals surface area contributed by atoms with Gasteiger partial charge >= 0.3 is 0 Å². The topological polar surface area (TPSA) is 69.5 Å². The van der Waals surface area contributed by atoms with Crippen LogP contribution in [0.1, 0.15) is 37.3 Å². The van der Waals surface area contributed by atoms with Crippen molar-refractivity contribution in [3.05, 3.63) is 59.5 Å². The zero-order chi connectivity index (χ0) is 21.6. The lowest BCUT2D eigenvalue weighted by Crippen LogP contribution is -2.57. The molecule has 2 unspecified atom stereocenters. The number of nitrogens with zero attached hydrogens (tertiary/aromatic N) is 4. The van der Waals surface area contributed by atoms with Crippen LogP contribution in [0.15, 0.2) is 42.6 Å². The maximum atomic E-state index is 13.2. The van der Waals surface area contributed by atoms with E-state index in [2.05, 4.69) is 22.9 Å². The lowest BCUT2D eigenvalue weighted by Gasteiger charge is -2.42. The van der Waals surface area contributed by atoms with Crippen LogP contribution in [0, 0.1) is 23.1 Å². The second-order valence-corrected chi connectivity index (χ2v) is 8.95. The molecule has 1 aliphatic carbocycles. The Kier molecular flexibility index (Phi) is 4.90. The standard InChI is InChI=1S/C24H25FN4O2/c1-16-10-20-13-28(14-21(16)29(20)22-7-2-17(11-26)12-27-22)23(30)15-31-24(8-9-24)18-3-5-19(25)6-4-18/h2-7,12,16,20-21H,8-10,13-15H2,1H3/t16-,20?,21?/m0/s1. The molecule has 31 heavy (non-hydrogen) atoms. The van der Waals surface area contributed by atoms with Crippen molar-refractivity contribution in [2.45, 2.75) is 43.9 Å². The number of hydrogen-bond donors (Lipinski definition) is 0. The Morgan fingerprint density at radius 2 is 2.03 bits per heavy atom. The van der Waals surface area contributed by atoms with Crippen LogP contribution in [-0.2, 0) is 15.1 Å². The number of fused-ring (bicyclic) bond motifs is 2. The van der Waals surface area contributed by atoms with Crippen LogP contribution in [0.4, 0.5) is 10.2 Å². The highest BCUT2D eigenvalue weighted by molar-refractivity contribution is 5.78. The molecule has 0 N–H and O–H groups in total. The quantitative estimate of drug-likeness (QED) is 0.743. The monoisotopic (exact) mass is 420 g/mol. The predicted molar refractivity (Wildman–Crippen MR) is 113 cm³/mol. The fourth-order valence-corrected chi connectivity index (χ4v) is 5.07. The fourth-order valence-electron chi connectivity index (χ4n) is 5.07. The van der Waals surface area contributed by atoms with E-state index in [0.717, 1.165) is 30.6 Å². The van der Waals surface area contributed by atoms with Crippen molar-refractivity contribution in [1.29, 1.82) is 5.26 Å². The van der Waals surface area contributed by atoms with Gasteiger partial charge in [0, 0.05) is 25.3 Å². The number of rotatable bonds is 5. The number of hydrogen-bond acceptors (Lipinski definition) is 5. The summed E-state index contributed by atoms with van der Waals surface area (Å²) in [4.78, 5) is 21.7. The normalized spacial score (nSPS) is 25.9. The van der Waals surface area contributed by atoms with Crippen LogP contribution >= 0.6 is 0 Å². The number of aromatic nitrogens is 1. The summed E-state index contributed by atoms with van der Waals surface area (Å²) >= 11 is 0. The number of likely N-dealkylation sites (tertiary alicyclic amines) is 1. The summed E-state index contributed by atoms with van der Waals surface area (Å²) in [6.07, 6.45) is 4.32. The molecule has 1 saturated carbocycles. The molecule has 5 rings (SSSR count). The van der Waals surface area contributed by atoms with E-state index in [0.29, 0.717) is 24.6 Å². The van der Waals surface area contributed by atoms with Crippen LogP contribution in [0.25, 0.3) is 0 Å². The first-order valence-corrected chi connectivity index (χ1v) is 10.8. The van der Waals surface area contributed by atoms with Crippen molar-refractivity contribution in [3.8, 4) is 6.07 Å². The van der Waals surface area contributed by atoms with Crippen LogP contribution < -0.4 is 4.90 Å². The number of piperazine rings is 1. The third kappa shape index (κ3) is 3.66. The number of ether oxygens (including phenoxy) is 1. The Labute approximate surface area is 181 Å². The van der Waals surface area contributed by atoms with Crippen molar-refractivity contribution in [1.82, 2.24) is 9.88 Å². The van der Waals surface area contributed by atoms with Gasteiger partial charge in [0.05, 0.1) is 17.2 Å². The molecule has 7 heteroatoms. The molecule has 2 aliphatic heterocycles. The smallest absolute Gasteiger partial charge is 0.248 e. The molecule has 3 atom stereocenters. The van der Waals surface area contributed by atoms with Gasteiger partial charge in [0.15, 0.2) is 0 Å². The average Bonchev–Trinajstić information content (AvgIpc) is 3.55. The molecule has 1 aromatic heterocycles. The van der Waals surface area contributed by atoms with Gasteiger partial charge in [-0.2, -0.15) is 5.26 Å². The van der Waals surface area contributed by atoms with E-state index in [-0.39, 0.29) is 30.4 Å². The molecule has 3 aliphatic rings. The van der Waals surface area contributed by atoms with Crippen molar-refractivity contribution >= 4 is 11.7 Å². The van der Waals surface area contributed by atoms with Gasteiger partial charge in [0.2, 0.25) is 5.91 Å². The molecule has 2 saturated heterocycles. The number of anilines is 1. The molecule has 160 valence electrons. The largest absolute Gasteiger partial charge is 0.360 e. The Bertz CT molecular complexity index is 1010. The average molecular weight is 420 g/mol. The van der Waals surface area contributed by atoms with Crippen molar-refractivity contribution in [2.24, 2.45) is 5.92 Å². The zero-order valence-electron chi connectivity index (χ0n) is 17.5. The zero-order valence-corrected chi connectivity index (χ0v) is 17.5. The molecule has 6 nitrogen and oxygen atoms in total. The maximum absolute atomic E-state index is 13.2. The van der Waals surface area contributed by atoms with Gasteiger partial charge in [-0.25, -0.2) is 9.37 Å². The van der Waals surface area contributed by atoms with Gasteiger partial charge in [0.1, 0.15) is 24.3 Å². The van der Waals surface area contributed by atoms with E-state index in [1.54, 1.807) is 24.4 Å². The highest BCUT2D eigenvalue weighted by Gasteiger charge is 2.48. The summed E-state index contributed by atoms with van der Waals surface area (Å²) in [7, 11) is 0. The maximum Gasteiger partial charge on any atom is 0.248 e. The number of amides is 1. The van der Waals surface area contributed by atoms with Gasteiger partial charge in [-0.3, -0.25) is 4.79 Å². The number of benzene rings is 1. The van der Waals surface area contributed by atoms with Crippen LogP contribution in [0.3, 0.4) is 0 Å². The summed E-state index contributed by atoms with van der Waals surface area (Å²) < 4.78 is 19.3. The summed E-state index contributed by atoms with van der Waals surface area (Å²) in [5.41, 5.74) is 1.04. The number of nitriles is 1. The second kappa shape index (κ2) is 7.61. The predicted octanol–water partition coefficient (Wildman–Crippen LogP) is 3.22. The Hall–Kier alpha value is -2.98. The summed E-state index contributed by atoms with van der Waals surface area (Å²) in [5, 5.41) is 9.01. The van der Waals surface area contributed by atoms with Gasteiger partial charge in [-0.1, -0.05) is 19.1 Å². The van der Waals surface area contributed by atoms with Gasteiger partial charge in [-0.05, 0) is 55.0 Å². The van der Waals surface area contributed by atoms with Gasteiger partial charge in [-0.15, -0.1) is 0 Å². The van der Waals surface area contributed by atoms with Crippen molar-refractivity contribution in [2.75, 3.05) is 24.6 Å². The van der Waals surface area contributed by atoms with E-state index in [4.69, 9.17) is 10.00 Å². The molecule has 0 radical (unpaired) electrons. The second-order valence-electron chi connectivity index (χ2n) is 8.95. The van der Waals surface area contributed by atoms with E-state index in [1.807, 2.05) is 11.0 Å². The molecular formula is C24H25FN4O2. The molecule has 2 bridgehead atoms. The van der Waals surface area contributed by atoms with Gasteiger partial charge < -0.3 is 14.5 Å². The van der Waals surface area contributed by atoms with E-state index in [1.165, 1.54) is 12.1 Å². The Morgan fingerprint density at radius 1 is 1.26 bits per heavy atom. The minimum absolute atomic E-state index is 0.00456. The first-order valence-electron chi connectivity index (χ1n) is 10.8. The van der Waals surface area contributed by atoms with Crippen LogP contribution in [0.2, 0.25) is 0 Å². The highest BCUT2D eigenvalue weighted by atomic mass is 19.1. The molecule has 2 aromatic rings. The number of halogens is 1. The fraction of sp³-hybridized carbons (Fsp3) is 0.458. The van der Waals surface area contributed by atoms with Crippen molar-refractivity contribution in [3.63, 3.8) is 0 Å². The molecule has 1 amide bonds. The number of carbonyl (C=O) groups is 1. The Balaban J connectivity index is 1.24. The molecular weight excluding hydrogens is 395 g/mol. The summed E-state index contributed by atoms with van der Waals surface area (Å²) in [6, 6.07) is 12.6. The summed E-state index contributed by atoms with van der Waals surface area (Å²) in [5.74, 6) is 1.06. The van der Waals surface area contributed by atoms with E-state index < -0.39 is 5.60 Å². The molecule has 0 spiro atoms. The highest BCUT2D eigenvalue weighted by Crippen LogP contribution is 2.49. The van der Waals surface area contributed by atoms with Crippen LogP contribution in [-0.4, -0.2) is 47.6 Å². The third-order valence-corrected chi connectivity index (χ3v) is 6.93. The van der Waals surface area contributed by atoms with Crippen LogP contribution in [0.5, 0.6) is 0 Å². The van der Waals surface area contributed by atoms with Gasteiger partial charge in [0.25, 0.3) is 0 Å². The first-order chi connectivity index (χ1) is 15.0. The Morgan fingerprint density at radius 3 is 2.65 bits per heavy atom. The van der Waals surface area contributed by atoms with Crippen molar-refractivity contribution < 1.29 is 13.9 Å². The lowest BCUT2D eigenvalue weighted by molar-refractivity contribution is -0.140. The molecule has 1 aromatic carbocycles. The SMILES string of the molecule is C[C@H]1CC2CN(C(=O)COC3(c4ccc(F)cc4)CC3)CC1N2c1ccc(C#N)cn1.